The lowest BCUT2D eigenvalue weighted by Gasteiger charge is -2.18. The Hall–Kier alpha value is -2.63. The van der Waals surface area contributed by atoms with Gasteiger partial charge in [-0.1, -0.05) is 29.2 Å². The van der Waals surface area contributed by atoms with Crippen LogP contribution in [-0.2, 0) is 4.79 Å². The second-order valence-corrected chi connectivity index (χ2v) is 8.65. The van der Waals surface area contributed by atoms with Crippen molar-refractivity contribution < 1.29 is 19.1 Å². The van der Waals surface area contributed by atoms with Gasteiger partial charge in [0.15, 0.2) is 15.8 Å². The van der Waals surface area contributed by atoms with Crippen molar-refractivity contribution in [3.05, 3.63) is 40.6 Å². The number of ether oxygens (including phenoxy) is 2. The molecule has 0 aliphatic carbocycles. The predicted octanol–water partition coefficient (Wildman–Crippen LogP) is 3.35. The Balaban J connectivity index is 1.28. The Bertz CT molecular complexity index is 990. The van der Waals surface area contributed by atoms with E-state index in [4.69, 9.17) is 9.47 Å². The number of nitrogens with zero attached hydrogens (tertiary/aromatic N) is 2. The number of benzene rings is 1. The van der Waals surface area contributed by atoms with Crippen molar-refractivity contribution in [1.29, 1.82) is 0 Å². The standard InChI is InChI=1S/C17H14N4O4S3/c22-14(18-10-3-4-11-12(8-10)25-6-5-24-11)9-27-17-21-20-16(28-17)19-15(23)13-2-1-7-26-13/h1-4,7-8H,5-6,9H2,(H,18,22)(H,19,20,23). The Morgan fingerprint density at radius 3 is 2.79 bits per heavy atom. The molecule has 28 heavy (non-hydrogen) atoms. The monoisotopic (exact) mass is 434 g/mol. The summed E-state index contributed by atoms with van der Waals surface area (Å²) in [5.74, 6) is 1.05. The normalized spacial score (nSPS) is 12.4. The lowest BCUT2D eigenvalue weighted by Crippen LogP contribution is -2.17. The van der Waals surface area contributed by atoms with Gasteiger partial charge in [-0.05, 0) is 23.6 Å². The largest absolute Gasteiger partial charge is 0.486 e. The van der Waals surface area contributed by atoms with Crippen LogP contribution in [-0.4, -0.2) is 41.0 Å². The van der Waals surface area contributed by atoms with Gasteiger partial charge in [0.2, 0.25) is 11.0 Å². The fourth-order valence-electron chi connectivity index (χ4n) is 2.33. The van der Waals surface area contributed by atoms with Crippen molar-refractivity contribution in [2.75, 3.05) is 29.6 Å². The molecule has 2 N–H and O–H groups in total. The summed E-state index contributed by atoms with van der Waals surface area (Å²) in [7, 11) is 0. The third-order valence-corrected chi connectivity index (χ3v) is 6.37. The number of thiophene rings is 1. The number of aromatic nitrogens is 2. The molecular formula is C17H14N4O4S3. The highest BCUT2D eigenvalue weighted by atomic mass is 32.2. The van der Waals surface area contributed by atoms with E-state index in [2.05, 4.69) is 20.8 Å². The Labute approximate surface area is 172 Å². The minimum atomic E-state index is -0.223. The number of carbonyl (C=O) groups excluding carboxylic acids is 2. The highest BCUT2D eigenvalue weighted by Gasteiger charge is 2.14. The molecule has 0 fully saturated rings. The van der Waals surface area contributed by atoms with Gasteiger partial charge >= 0.3 is 0 Å². The summed E-state index contributed by atoms with van der Waals surface area (Å²) in [6.45, 7) is 1.01. The lowest BCUT2D eigenvalue weighted by molar-refractivity contribution is -0.113. The number of hydrogen-bond acceptors (Lipinski definition) is 9. The van der Waals surface area contributed by atoms with Crippen molar-refractivity contribution in [3.8, 4) is 11.5 Å². The summed E-state index contributed by atoms with van der Waals surface area (Å²) >= 11 is 3.82. The van der Waals surface area contributed by atoms with Crippen LogP contribution in [0.2, 0.25) is 0 Å². The molecule has 3 aromatic rings. The quantitative estimate of drug-likeness (QED) is 0.453. The van der Waals surface area contributed by atoms with Crippen molar-refractivity contribution in [1.82, 2.24) is 10.2 Å². The molecule has 1 aromatic carbocycles. The second-order valence-electron chi connectivity index (χ2n) is 5.50. The van der Waals surface area contributed by atoms with E-state index in [1.54, 1.807) is 30.3 Å². The zero-order valence-electron chi connectivity index (χ0n) is 14.3. The molecule has 0 atom stereocenters. The van der Waals surface area contributed by atoms with Crippen molar-refractivity contribution in [3.63, 3.8) is 0 Å². The van der Waals surface area contributed by atoms with Gasteiger partial charge in [-0.3, -0.25) is 14.9 Å². The number of fused-ring (bicyclic) bond motifs is 1. The van der Waals surface area contributed by atoms with Crippen LogP contribution in [0.1, 0.15) is 9.67 Å². The molecule has 4 rings (SSSR count). The van der Waals surface area contributed by atoms with Crippen molar-refractivity contribution >= 4 is 57.1 Å². The Kier molecular flexibility index (Phi) is 5.74. The minimum absolute atomic E-state index is 0.169. The highest BCUT2D eigenvalue weighted by Crippen LogP contribution is 2.33. The molecule has 0 radical (unpaired) electrons. The van der Waals surface area contributed by atoms with Gasteiger partial charge in [-0.2, -0.15) is 0 Å². The van der Waals surface area contributed by atoms with Gasteiger partial charge in [-0.15, -0.1) is 21.5 Å². The molecule has 1 aliphatic rings. The molecule has 0 bridgehead atoms. The van der Waals surface area contributed by atoms with Crippen LogP contribution in [0, 0.1) is 0 Å². The predicted molar refractivity (Wildman–Crippen MR) is 109 cm³/mol. The van der Waals surface area contributed by atoms with Crippen molar-refractivity contribution in [2.45, 2.75) is 4.34 Å². The molecular weight excluding hydrogens is 420 g/mol. The van der Waals surface area contributed by atoms with E-state index in [0.29, 0.717) is 44.7 Å². The molecule has 2 aromatic heterocycles. The van der Waals surface area contributed by atoms with Gasteiger partial charge in [0.25, 0.3) is 5.91 Å². The number of thioether (sulfide) groups is 1. The first-order valence-electron chi connectivity index (χ1n) is 8.18. The van der Waals surface area contributed by atoms with Crippen LogP contribution in [0.5, 0.6) is 11.5 Å². The number of anilines is 2. The van der Waals surface area contributed by atoms with Gasteiger partial charge in [0.05, 0.1) is 10.6 Å². The molecule has 0 saturated heterocycles. The van der Waals surface area contributed by atoms with E-state index < -0.39 is 0 Å². The number of hydrogen-bond donors (Lipinski definition) is 2. The lowest BCUT2D eigenvalue weighted by atomic mass is 10.2. The van der Waals surface area contributed by atoms with Crippen LogP contribution in [0.3, 0.4) is 0 Å². The molecule has 0 spiro atoms. The number of rotatable bonds is 6. The first-order valence-corrected chi connectivity index (χ1v) is 10.9. The molecule has 0 saturated carbocycles. The average molecular weight is 435 g/mol. The van der Waals surface area contributed by atoms with Crippen LogP contribution in [0.4, 0.5) is 10.8 Å². The van der Waals surface area contributed by atoms with Crippen LogP contribution >= 0.6 is 34.4 Å². The number of amides is 2. The number of carbonyl (C=O) groups is 2. The maximum absolute atomic E-state index is 12.2. The van der Waals surface area contributed by atoms with E-state index >= 15 is 0 Å². The van der Waals surface area contributed by atoms with Crippen LogP contribution in [0.25, 0.3) is 0 Å². The van der Waals surface area contributed by atoms with Gasteiger partial charge in [0.1, 0.15) is 13.2 Å². The first kappa shape index (κ1) is 18.7. The third-order valence-electron chi connectivity index (χ3n) is 3.52. The average Bonchev–Trinajstić information content (AvgIpc) is 3.38. The van der Waals surface area contributed by atoms with Gasteiger partial charge < -0.3 is 14.8 Å². The molecule has 11 heteroatoms. The number of nitrogens with one attached hydrogen (secondary N) is 2. The zero-order chi connectivity index (χ0) is 19.3. The van der Waals surface area contributed by atoms with E-state index in [0.717, 1.165) is 0 Å². The van der Waals surface area contributed by atoms with E-state index in [1.807, 2.05) is 5.38 Å². The van der Waals surface area contributed by atoms with E-state index in [-0.39, 0.29) is 17.6 Å². The van der Waals surface area contributed by atoms with Crippen LogP contribution < -0.4 is 20.1 Å². The fourth-order valence-corrected chi connectivity index (χ4v) is 4.50. The maximum atomic E-state index is 12.2. The summed E-state index contributed by atoms with van der Waals surface area (Å²) in [5.41, 5.74) is 0.635. The summed E-state index contributed by atoms with van der Waals surface area (Å²) in [6, 6.07) is 8.81. The SMILES string of the molecule is O=C(CSc1nnc(NC(=O)c2cccs2)s1)Nc1ccc2c(c1)OCCO2. The molecule has 1 aliphatic heterocycles. The maximum Gasteiger partial charge on any atom is 0.267 e. The Morgan fingerprint density at radius 2 is 1.96 bits per heavy atom. The molecule has 0 unspecified atom stereocenters. The summed E-state index contributed by atoms with van der Waals surface area (Å²) < 4.78 is 11.6. The Morgan fingerprint density at radius 1 is 1.11 bits per heavy atom. The summed E-state index contributed by atoms with van der Waals surface area (Å²) in [5, 5.41) is 15.7. The summed E-state index contributed by atoms with van der Waals surface area (Å²) in [6.07, 6.45) is 0. The van der Waals surface area contributed by atoms with Gasteiger partial charge in [-0.25, -0.2) is 0 Å². The molecule has 144 valence electrons. The minimum Gasteiger partial charge on any atom is -0.486 e. The van der Waals surface area contributed by atoms with E-state index in [9.17, 15) is 9.59 Å². The fraction of sp³-hybridized carbons (Fsp3) is 0.176. The summed E-state index contributed by atoms with van der Waals surface area (Å²) in [4.78, 5) is 24.8. The topological polar surface area (TPSA) is 102 Å². The first-order chi connectivity index (χ1) is 13.7. The highest BCUT2D eigenvalue weighted by molar-refractivity contribution is 8.01. The molecule has 2 amide bonds. The van der Waals surface area contributed by atoms with Crippen molar-refractivity contribution in [2.24, 2.45) is 0 Å². The molecule has 3 heterocycles. The second kappa shape index (κ2) is 8.59. The smallest absolute Gasteiger partial charge is 0.267 e. The van der Waals surface area contributed by atoms with Crippen LogP contribution in [0.15, 0.2) is 40.1 Å². The zero-order valence-corrected chi connectivity index (χ0v) is 16.8. The van der Waals surface area contributed by atoms with E-state index in [1.165, 1.54) is 34.4 Å². The third kappa shape index (κ3) is 4.61. The molecule has 8 nitrogen and oxygen atoms in total. The van der Waals surface area contributed by atoms with Gasteiger partial charge in [0, 0.05) is 11.8 Å².